The summed E-state index contributed by atoms with van der Waals surface area (Å²) in [6.45, 7) is 1.92. The third kappa shape index (κ3) is 3.10. The van der Waals surface area contributed by atoms with Crippen LogP contribution in [-0.4, -0.2) is 22.0 Å². The maximum Gasteiger partial charge on any atom is 0.163 e. The summed E-state index contributed by atoms with van der Waals surface area (Å²) in [7, 11) is 1.78. The zero-order chi connectivity index (χ0) is 19.0. The first-order valence-electron chi connectivity index (χ1n) is 8.43. The molecule has 0 spiro atoms. The van der Waals surface area contributed by atoms with Crippen molar-refractivity contribution in [2.75, 3.05) is 12.4 Å². The van der Waals surface area contributed by atoms with Crippen LogP contribution in [0.1, 0.15) is 5.56 Å². The molecule has 0 aliphatic rings. The Labute approximate surface area is 154 Å². The summed E-state index contributed by atoms with van der Waals surface area (Å²) in [5.74, 6) is -0.510. The Morgan fingerprint density at radius 1 is 0.926 bits per heavy atom. The Morgan fingerprint density at radius 2 is 1.78 bits per heavy atom. The number of rotatable bonds is 3. The van der Waals surface area contributed by atoms with Gasteiger partial charge in [-0.25, -0.2) is 18.7 Å². The molecule has 6 heteroatoms. The molecule has 134 valence electrons. The van der Waals surface area contributed by atoms with Gasteiger partial charge in [-0.3, -0.25) is 4.98 Å². The molecule has 4 aromatic rings. The number of fused-ring (bicyclic) bond motifs is 1. The van der Waals surface area contributed by atoms with E-state index in [1.54, 1.807) is 25.5 Å². The van der Waals surface area contributed by atoms with Crippen molar-refractivity contribution in [2.45, 2.75) is 6.92 Å². The SMILES string of the molecule is CNc1nc(-c2cccnc2)nc2cc(C)c(-c3ccc(F)c(F)c3)cc12. The van der Waals surface area contributed by atoms with E-state index in [1.807, 2.05) is 31.2 Å². The van der Waals surface area contributed by atoms with E-state index in [2.05, 4.69) is 20.3 Å². The molecular formula is C21H16F2N4. The predicted molar refractivity (Wildman–Crippen MR) is 102 cm³/mol. The second kappa shape index (κ2) is 6.72. The van der Waals surface area contributed by atoms with Crippen molar-refractivity contribution in [2.24, 2.45) is 0 Å². The number of aryl methyl sites for hydroxylation is 1. The van der Waals surface area contributed by atoms with Gasteiger partial charge in [-0.1, -0.05) is 6.07 Å². The zero-order valence-electron chi connectivity index (χ0n) is 14.8. The van der Waals surface area contributed by atoms with Crippen molar-refractivity contribution < 1.29 is 8.78 Å². The van der Waals surface area contributed by atoms with Crippen molar-refractivity contribution in [1.82, 2.24) is 15.0 Å². The normalized spacial score (nSPS) is 11.0. The first-order chi connectivity index (χ1) is 13.1. The molecule has 2 aromatic carbocycles. The molecule has 0 aliphatic heterocycles. The van der Waals surface area contributed by atoms with Gasteiger partial charge in [-0.2, -0.15) is 0 Å². The molecule has 4 rings (SSSR count). The highest BCUT2D eigenvalue weighted by Crippen LogP contribution is 2.32. The minimum atomic E-state index is -0.871. The molecule has 1 N–H and O–H groups in total. The van der Waals surface area contributed by atoms with Crippen LogP contribution in [0.25, 0.3) is 33.4 Å². The van der Waals surface area contributed by atoms with Gasteiger partial charge in [-0.15, -0.1) is 0 Å². The van der Waals surface area contributed by atoms with Crippen LogP contribution in [0.4, 0.5) is 14.6 Å². The number of anilines is 1. The van der Waals surface area contributed by atoms with Crippen LogP contribution < -0.4 is 5.32 Å². The van der Waals surface area contributed by atoms with Gasteiger partial charge in [0.1, 0.15) is 5.82 Å². The van der Waals surface area contributed by atoms with Crippen LogP contribution in [0.3, 0.4) is 0 Å². The summed E-state index contributed by atoms with van der Waals surface area (Å²) in [4.78, 5) is 13.4. The van der Waals surface area contributed by atoms with E-state index in [0.29, 0.717) is 17.2 Å². The van der Waals surface area contributed by atoms with Crippen LogP contribution in [0.2, 0.25) is 0 Å². The Kier molecular flexibility index (Phi) is 4.24. The summed E-state index contributed by atoms with van der Waals surface area (Å²) >= 11 is 0. The average molecular weight is 362 g/mol. The Balaban J connectivity index is 1.93. The van der Waals surface area contributed by atoms with Gasteiger partial charge in [0.25, 0.3) is 0 Å². The Morgan fingerprint density at radius 3 is 2.48 bits per heavy atom. The minimum Gasteiger partial charge on any atom is -0.373 e. The number of hydrogen-bond acceptors (Lipinski definition) is 4. The lowest BCUT2D eigenvalue weighted by molar-refractivity contribution is 0.509. The summed E-state index contributed by atoms with van der Waals surface area (Å²) in [6, 6.07) is 11.5. The number of pyridine rings is 1. The van der Waals surface area contributed by atoms with Crippen molar-refractivity contribution in [3.05, 3.63) is 72.1 Å². The smallest absolute Gasteiger partial charge is 0.163 e. The maximum atomic E-state index is 13.7. The molecule has 0 amide bonds. The number of halogens is 2. The summed E-state index contributed by atoms with van der Waals surface area (Å²) in [6.07, 6.45) is 3.41. The number of hydrogen-bond donors (Lipinski definition) is 1. The number of aromatic nitrogens is 3. The van der Waals surface area contributed by atoms with Crippen LogP contribution in [-0.2, 0) is 0 Å². The lowest BCUT2D eigenvalue weighted by Gasteiger charge is -2.13. The molecule has 2 heterocycles. The summed E-state index contributed by atoms with van der Waals surface area (Å²) < 4.78 is 27.0. The number of nitrogens with one attached hydrogen (secondary N) is 1. The molecule has 0 fully saturated rings. The van der Waals surface area contributed by atoms with Crippen LogP contribution >= 0.6 is 0 Å². The van der Waals surface area contributed by atoms with Gasteiger partial charge in [0.05, 0.1) is 5.52 Å². The van der Waals surface area contributed by atoms with Crippen molar-refractivity contribution >= 4 is 16.7 Å². The van der Waals surface area contributed by atoms with E-state index in [9.17, 15) is 8.78 Å². The van der Waals surface area contributed by atoms with E-state index in [-0.39, 0.29) is 0 Å². The summed E-state index contributed by atoms with van der Waals surface area (Å²) in [5.41, 5.74) is 3.89. The van der Waals surface area contributed by atoms with E-state index in [0.717, 1.165) is 33.7 Å². The zero-order valence-corrected chi connectivity index (χ0v) is 14.8. The standard InChI is InChI=1S/C21H16F2N4/c1-12-8-19-16(10-15(12)13-5-6-17(22)18(23)9-13)21(24-2)27-20(26-19)14-4-3-7-25-11-14/h3-11H,1-2H3,(H,24,26,27). The molecular weight excluding hydrogens is 346 g/mol. The topological polar surface area (TPSA) is 50.7 Å². The second-order valence-electron chi connectivity index (χ2n) is 6.20. The van der Waals surface area contributed by atoms with Gasteiger partial charge in [0.15, 0.2) is 17.5 Å². The monoisotopic (exact) mass is 362 g/mol. The van der Waals surface area contributed by atoms with Crippen molar-refractivity contribution in [3.8, 4) is 22.5 Å². The third-order valence-corrected chi connectivity index (χ3v) is 4.43. The molecule has 2 aromatic heterocycles. The molecule has 0 atom stereocenters. The van der Waals surface area contributed by atoms with Gasteiger partial charge < -0.3 is 5.32 Å². The average Bonchev–Trinajstić information content (AvgIpc) is 2.69. The minimum absolute atomic E-state index is 0.569. The van der Waals surface area contributed by atoms with Crippen LogP contribution in [0, 0.1) is 18.6 Å². The maximum absolute atomic E-state index is 13.7. The van der Waals surface area contributed by atoms with E-state index < -0.39 is 11.6 Å². The van der Waals surface area contributed by atoms with Gasteiger partial charge in [0, 0.05) is 30.4 Å². The molecule has 0 aliphatic carbocycles. The van der Waals surface area contributed by atoms with Crippen LogP contribution in [0.15, 0.2) is 54.9 Å². The highest BCUT2D eigenvalue weighted by Gasteiger charge is 2.13. The fraction of sp³-hybridized carbons (Fsp3) is 0.0952. The van der Waals surface area contributed by atoms with Gasteiger partial charge in [-0.05, 0) is 60.0 Å². The van der Waals surface area contributed by atoms with Crippen molar-refractivity contribution in [1.29, 1.82) is 0 Å². The largest absolute Gasteiger partial charge is 0.373 e. The highest BCUT2D eigenvalue weighted by atomic mass is 19.2. The Bertz CT molecular complexity index is 1140. The lowest BCUT2D eigenvalue weighted by atomic mass is 9.98. The van der Waals surface area contributed by atoms with Gasteiger partial charge in [0.2, 0.25) is 0 Å². The molecule has 0 bridgehead atoms. The molecule has 0 unspecified atom stereocenters. The molecule has 0 saturated heterocycles. The highest BCUT2D eigenvalue weighted by molar-refractivity contribution is 5.95. The summed E-state index contributed by atoms with van der Waals surface area (Å²) in [5, 5.41) is 3.89. The first kappa shape index (κ1) is 17.0. The van der Waals surface area contributed by atoms with Crippen LogP contribution in [0.5, 0.6) is 0 Å². The van der Waals surface area contributed by atoms with E-state index in [1.165, 1.54) is 6.07 Å². The fourth-order valence-corrected chi connectivity index (χ4v) is 3.07. The van der Waals surface area contributed by atoms with E-state index >= 15 is 0 Å². The molecule has 27 heavy (non-hydrogen) atoms. The molecule has 0 saturated carbocycles. The fourth-order valence-electron chi connectivity index (χ4n) is 3.07. The first-order valence-corrected chi connectivity index (χ1v) is 8.43. The second-order valence-corrected chi connectivity index (χ2v) is 6.20. The number of benzene rings is 2. The predicted octanol–water partition coefficient (Wildman–Crippen LogP) is 4.99. The van der Waals surface area contributed by atoms with Gasteiger partial charge >= 0.3 is 0 Å². The quantitative estimate of drug-likeness (QED) is 0.558. The molecule has 4 nitrogen and oxygen atoms in total. The number of nitrogens with zero attached hydrogens (tertiary/aromatic N) is 3. The third-order valence-electron chi connectivity index (χ3n) is 4.43. The van der Waals surface area contributed by atoms with E-state index in [4.69, 9.17) is 0 Å². The van der Waals surface area contributed by atoms with Crippen molar-refractivity contribution in [3.63, 3.8) is 0 Å². The Hall–Kier alpha value is -3.41. The molecule has 0 radical (unpaired) electrons. The lowest BCUT2D eigenvalue weighted by Crippen LogP contribution is -2.00.